The fourth-order valence-corrected chi connectivity index (χ4v) is 4.25. The standard InChI is InChI=1S/C25H49N4O/c1-2-3-4-5-6-7-8-9-10-11-22-30-25-14-12-24(13-15-25)23-29(19-16-26,20-17-27)21-18-28/h12-15H,2-11,16-23,26-28H2,1H3/q+1. The Morgan fingerprint density at radius 2 is 1.13 bits per heavy atom. The Hall–Kier alpha value is -1.14. The summed E-state index contributed by atoms with van der Waals surface area (Å²) in [5, 5.41) is 0. The van der Waals surface area contributed by atoms with Crippen molar-refractivity contribution in [2.24, 2.45) is 17.2 Å². The number of hydrogen-bond donors (Lipinski definition) is 3. The fourth-order valence-electron chi connectivity index (χ4n) is 4.25. The monoisotopic (exact) mass is 421 g/mol. The normalized spacial score (nSPS) is 11.7. The van der Waals surface area contributed by atoms with Crippen molar-refractivity contribution in [3.8, 4) is 5.75 Å². The fraction of sp³-hybridized carbons (Fsp3) is 0.760. The Labute approximate surface area is 185 Å². The molecule has 0 amide bonds. The molecule has 0 aliphatic heterocycles. The molecule has 1 rings (SSSR count). The number of quaternary nitrogens is 1. The van der Waals surface area contributed by atoms with Crippen molar-refractivity contribution in [3.63, 3.8) is 0 Å². The smallest absolute Gasteiger partial charge is 0.119 e. The number of hydrogen-bond acceptors (Lipinski definition) is 4. The molecule has 0 aliphatic carbocycles. The van der Waals surface area contributed by atoms with Gasteiger partial charge in [-0.3, -0.25) is 0 Å². The van der Waals surface area contributed by atoms with Crippen molar-refractivity contribution in [1.29, 1.82) is 0 Å². The van der Waals surface area contributed by atoms with Crippen LogP contribution in [0.25, 0.3) is 0 Å². The Morgan fingerprint density at radius 3 is 1.60 bits per heavy atom. The number of nitrogens with zero attached hydrogens (tertiary/aromatic N) is 1. The van der Waals surface area contributed by atoms with E-state index >= 15 is 0 Å². The zero-order valence-corrected chi connectivity index (χ0v) is 19.6. The van der Waals surface area contributed by atoms with Crippen LogP contribution in [-0.2, 0) is 6.54 Å². The van der Waals surface area contributed by atoms with Crippen molar-refractivity contribution >= 4 is 0 Å². The Bertz CT molecular complexity index is 489. The zero-order valence-electron chi connectivity index (χ0n) is 19.6. The van der Waals surface area contributed by atoms with E-state index < -0.39 is 0 Å². The lowest BCUT2D eigenvalue weighted by atomic mass is 10.1. The van der Waals surface area contributed by atoms with E-state index in [1.165, 1.54) is 63.4 Å². The topological polar surface area (TPSA) is 87.3 Å². The van der Waals surface area contributed by atoms with Gasteiger partial charge in [-0.1, -0.05) is 64.7 Å². The first-order chi connectivity index (χ1) is 14.7. The molecule has 6 N–H and O–H groups in total. The average Bonchev–Trinajstić information content (AvgIpc) is 2.74. The summed E-state index contributed by atoms with van der Waals surface area (Å²) in [7, 11) is 0. The van der Waals surface area contributed by atoms with Crippen LogP contribution in [0.3, 0.4) is 0 Å². The highest BCUT2D eigenvalue weighted by molar-refractivity contribution is 5.26. The summed E-state index contributed by atoms with van der Waals surface area (Å²) < 4.78 is 6.80. The lowest BCUT2D eigenvalue weighted by Crippen LogP contribution is -2.55. The van der Waals surface area contributed by atoms with E-state index in [9.17, 15) is 0 Å². The van der Waals surface area contributed by atoms with Gasteiger partial charge in [-0.2, -0.15) is 0 Å². The molecular formula is C25H49N4O+. The number of unbranched alkanes of at least 4 members (excludes halogenated alkanes) is 9. The molecule has 30 heavy (non-hydrogen) atoms. The second kappa shape index (κ2) is 17.5. The molecule has 0 radical (unpaired) electrons. The van der Waals surface area contributed by atoms with Gasteiger partial charge in [0.15, 0.2) is 0 Å². The van der Waals surface area contributed by atoms with Crippen LogP contribution < -0.4 is 21.9 Å². The first-order valence-electron chi connectivity index (χ1n) is 12.4. The predicted octanol–water partition coefficient (Wildman–Crippen LogP) is 4.18. The molecule has 1 aromatic rings. The van der Waals surface area contributed by atoms with Crippen molar-refractivity contribution < 1.29 is 9.22 Å². The Morgan fingerprint density at radius 1 is 0.667 bits per heavy atom. The van der Waals surface area contributed by atoms with Gasteiger partial charge in [-0.05, 0) is 30.7 Å². The zero-order chi connectivity index (χ0) is 21.9. The van der Waals surface area contributed by atoms with Crippen LogP contribution in [-0.4, -0.2) is 50.4 Å². The van der Waals surface area contributed by atoms with E-state index in [1.807, 2.05) is 0 Å². The van der Waals surface area contributed by atoms with Crippen molar-refractivity contribution in [1.82, 2.24) is 0 Å². The van der Waals surface area contributed by atoms with Crippen molar-refractivity contribution in [2.45, 2.75) is 77.7 Å². The molecule has 0 spiro atoms. The minimum Gasteiger partial charge on any atom is -0.494 e. The number of nitrogens with two attached hydrogens (primary N) is 3. The van der Waals surface area contributed by atoms with Crippen LogP contribution in [0.2, 0.25) is 0 Å². The maximum absolute atomic E-state index is 5.94. The summed E-state index contributed by atoms with van der Waals surface area (Å²) in [5.41, 5.74) is 18.9. The molecule has 0 saturated heterocycles. The van der Waals surface area contributed by atoms with Gasteiger partial charge in [-0.25, -0.2) is 0 Å². The van der Waals surface area contributed by atoms with Crippen LogP contribution in [0.15, 0.2) is 24.3 Å². The number of ether oxygens (including phenoxy) is 1. The van der Waals surface area contributed by atoms with E-state index in [4.69, 9.17) is 21.9 Å². The van der Waals surface area contributed by atoms with Gasteiger partial charge < -0.3 is 26.4 Å². The van der Waals surface area contributed by atoms with Crippen LogP contribution in [0.4, 0.5) is 0 Å². The van der Waals surface area contributed by atoms with E-state index in [0.717, 1.165) is 49.4 Å². The summed E-state index contributed by atoms with van der Waals surface area (Å²) in [6.07, 6.45) is 13.5. The van der Waals surface area contributed by atoms with Crippen LogP contribution in [0, 0.1) is 0 Å². The summed E-state index contributed by atoms with van der Waals surface area (Å²) in [6, 6.07) is 8.52. The lowest BCUT2D eigenvalue weighted by Gasteiger charge is -2.38. The van der Waals surface area contributed by atoms with Crippen LogP contribution in [0.5, 0.6) is 5.75 Å². The molecule has 0 unspecified atom stereocenters. The second-order valence-electron chi connectivity index (χ2n) is 8.71. The molecule has 174 valence electrons. The highest BCUT2D eigenvalue weighted by atomic mass is 16.5. The van der Waals surface area contributed by atoms with Gasteiger partial charge in [0.05, 0.1) is 26.2 Å². The van der Waals surface area contributed by atoms with E-state index in [-0.39, 0.29) is 0 Å². The van der Waals surface area contributed by atoms with Crippen LogP contribution in [0.1, 0.15) is 76.7 Å². The molecule has 0 fully saturated rings. The van der Waals surface area contributed by atoms with Crippen molar-refractivity contribution in [2.75, 3.05) is 45.9 Å². The summed E-state index contributed by atoms with van der Waals surface area (Å²) in [4.78, 5) is 0. The van der Waals surface area contributed by atoms with Crippen LogP contribution >= 0.6 is 0 Å². The third-order valence-corrected chi connectivity index (χ3v) is 6.02. The molecule has 5 nitrogen and oxygen atoms in total. The molecular weight excluding hydrogens is 372 g/mol. The third-order valence-electron chi connectivity index (χ3n) is 6.02. The summed E-state index contributed by atoms with van der Waals surface area (Å²) >= 11 is 0. The molecule has 1 aromatic carbocycles. The first kappa shape index (κ1) is 26.9. The van der Waals surface area contributed by atoms with Gasteiger partial charge >= 0.3 is 0 Å². The van der Waals surface area contributed by atoms with Gasteiger partial charge in [0, 0.05) is 25.2 Å². The lowest BCUT2D eigenvalue weighted by molar-refractivity contribution is -0.937. The first-order valence-corrected chi connectivity index (χ1v) is 12.4. The molecule has 0 atom stereocenters. The Kier molecular flexibility index (Phi) is 15.7. The maximum Gasteiger partial charge on any atom is 0.119 e. The highest BCUT2D eigenvalue weighted by Crippen LogP contribution is 2.18. The molecule has 0 saturated carbocycles. The average molecular weight is 422 g/mol. The van der Waals surface area contributed by atoms with Gasteiger partial charge in [-0.15, -0.1) is 0 Å². The summed E-state index contributed by atoms with van der Waals surface area (Å²) in [5.74, 6) is 0.962. The molecule has 0 aromatic heterocycles. The minimum absolute atomic E-state index is 0.653. The van der Waals surface area contributed by atoms with E-state index in [2.05, 4.69) is 31.2 Å². The predicted molar refractivity (Wildman–Crippen MR) is 130 cm³/mol. The van der Waals surface area contributed by atoms with E-state index in [0.29, 0.717) is 19.6 Å². The SMILES string of the molecule is CCCCCCCCCCCCOc1ccc(C[N+](CCN)(CCN)CCN)cc1. The van der Waals surface area contributed by atoms with Gasteiger partial charge in [0.1, 0.15) is 12.3 Å². The number of rotatable bonds is 20. The molecule has 0 bridgehead atoms. The number of benzene rings is 1. The van der Waals surface area contributed by atoms with Gasteiger partial charge in [0.25, 0.3) is 0 Å². The summed E-state index contributed by atoms with van der Waals surface area (Å²) in [6.45, 7) is 8.69. The Balaban J connectivity index is 2.26. The quantitative estimate of drug-likeness (QED) is 0.218. The van der Waals surface area contributed by atoms with Gasteiger partial charge in [0.2, 0.25) is 0 Å². The molecule has 5 heteroatoms. The maximum atomic E-state index is 5.94. The minimum atomic E-state index is 0.653. The second-order valence-corrected chi connectivity index (χ2v) is 8.71. The van der Waals surface area contributed by atoms with Crippen molar-refractivity contribution in [3.05, 3.63) is 29.8 Å². The van der Waals surface area contributed by atoms with E-state index in [1.54, 1.807) is 0 Å². The molecule has 0 heterocycles. The largest absolute Gasteiger partial charge is 0.494 e. The third kappa shape index (κ3) is 11.9. The molecule has 0 aliphatic rings. The highest BCUT2D eigenvalue weighted by Gasteiger charge is 2.25.